The first-order valence-electron chi connectivity index (χ1n) is 12.1. The van der Waals surface area contributed by atoms with Crippen LogP contribution >= 0.6 is 27.7 Å². The fraction of sp³-hybridized carbons (Fsp3) is 0.500. The zero-order valence-electron chi connectivity index (χ0n) is 22.5. The average Bonchev–Trinajstić information content (AvgIpc) is 2.84. The van der Waals surface area contributed by atoms with Crippen molar-refractivity contribution in [3.8, 4) is 0 Å². The summed E-state index contributed by atoms with van der Waals surface area (Å²) in [7, 11) is 0. The van der Waals surface area contributed by atoms with Gasteiger partial charge in [0.25, 0.3) is 5.91 Å². The van der Waals surface area contributed by atoms with Crippen molar-refractivity contribution in [2.45, 2.75) is 64.6 Å². The molecule has 1 aromatic rings. The number of alkyl carbamates (subject to hydrolysis) is 1. The predicted molar refractivity (Wildman–Crippen MR) is 146 cm³/mol. The van der Waals surface area contributed by atoms with Gasteiger partial charge in [0.05, 0.1) is 5.41 Å². The molecule has 212 valence electrons. The highest BCUT2D eigenvalue weighted by atomic mass is 79.9. The van der Waals surface area contributed by atoms with E-state index in [4.69, 9.17) is 14.2 Å². The molecule has 3 rings (SSSR count). The third kappa shape index (κ3) is 7.53. The van der Waals surface area contributed by atoms with E-state index in [-0.39, 0.29) is 5.70 Å². The third-order valence-corrected chi connectivity index (χ3v) is 7.77. The molecule has 11 nitrogen and oxygen atoms in total. The Bertz CT molecular complexity index is 1180. The molecular formula is C26H32BrN3O8S. The van der Waals surface area contributed by atoms with Crippen LogP contribution in [0.4, 0.5) is 4.79 Å². The molecular weight excluding hydrogens is 594 g/mol. The van der Waals surface area contributed by atoms with Gasteiger partial charge < -0.3 is 24.8 Å². The van der Waals surface area contributed by atoms with E-state index in [0.29, 0.717) is 15.8 Å². The molecule has 3 atom stereocenters. The number of thioether (sulfide) groups is 1. The van der Waals surface area contributed by atoms with E-state index in [2.05, 4.69) is 26.6 Å². The largest absolute Gasteiger partial charge is 0.444 e. The maximum Gasteiger partial charge on any atom is 0.408 e. The first-order chi connectivity index (χ1) is 18.1. The molecule has 1 fully saturated rings. The fourth-order valence-electron chi connectivity index (χ4n) is 3.60. The molecule has 39 heavy (non-hydrogen) atoms. The van der Waals surface area contributed by atoms with Gasteiger partial charge in [-0.2, -0.15) is 0 Å². The van der Waals surface area contributed by atoms with Gasteiger partial charge in [-0.25, -0.2) is 9.59 Å². The van der Waals surface area contributed by atoms with Crippen LogP contribution in [0.3, 0.4) is 0 Å². The number of fused-ring (bicyclic) bond motifs is 1. The SMILES string of the molecule is CC(C)(C)OC(=O)NC(C(=O)NC1C(=O)N2C(C(=O)OCOC(=O)C(C)(C)C)=C(Br)CSC12)c1ccccc1. The van der Waals surface area contributed by atoms with Crippen LogP contribution in [-0.4, -0.2) is 64.3 Å². The maximum absolute atomic E-state index is 13.3. The van der Waals surface area contributed by atoms with Gasteiger partial charge in [-0.3, -0.25) is 19.3 Å². The number of carbonyl (C=O) groups excluding carboxylic acids is 5. The zero-order chi connectivity index (χ0) is 29.1. The summed E-state index contributed by atoms with van der Waals surface area (Å²) in [6.07, 6.45) is -0.788. The quantitative estimate of drug-likeness (QED) is 0.265. The summed E-state index contributed by atoms with van der Waals surface area (Å²) in [6.45, 7) is 9.50. The van der Waals surface area contributed by atoms with Crippen LogP contribution in [0.1, 0.15) is 53.1 Å². The van der Waals surface area contributed by atoms with Gasteiger partial charge in [0.15, 0.2) is 0 Å². The van der Waals surface area contributed by atoms with Gasteiger partial charge in [-0.05, 0) is 47.1 Å². The third-order valence-electron chi connectivity index (χ3n) is 5.46. The summed E-state index contributed by atoms with van der Waals surface area (Å²) in [5, 5.41) is 4.69. The Balaban J connectivity index is 1.69. The minimum Gasteiger partial charge on any atom is -0.444 e. The lowest BCUT2D eigenvalue weighted by Gasteiger charge is -2.49. The highest BCUT2D eigenvalue weighted by Crippen LogP contribution is 2.42. The van der Waals surface area contributed by atoms with Crippen molar-refractivity contribution < 1.29 is 38.2 Å². The van der Waals surface area contributed by atoms with E-state index in [1.54, 1.807) is 71.9 Å². The van der Waals surface area contributed by atoms with Crippen LogP contribution in [0.2, 0.25) is 0 Å². The Labute approximate surface area is 239 Å². The van der Waals surface area contributed by atoms with E-state index < -0.39 is 65.1 Å². The smallest absolute Gasteiger partial charge is 0.408 e. The molecule has 1 saturated heterocycles. The highest BCUT2D eigenvalue weighted by molar-refractivity contribution is 9.11. The first-order valence-corrected chi connectivity index (χ1v) is 14.0. The molecule has 0 bridgehead atoms. The zero-order valence-corrected chi connectivity index (χ0v) is 24.9. The Morgan fingerprint density at radius 3 is 2.31 bits per heavy atom. The maximum atomic E-state index is 13.3. The number of hydrogen-bond donors (Lipinski definition) is 2. The number of rotatable bonds is 7. The van der Waals surface area contributed by atoms with Crippen molar-refractivity contribution >= 4 is 57.5 Å². The van der Waals surface area contributed by atoms with Crippen LogP contribution < -0.4 is 10.6 Å². The number of halogens is 1. The molecule has 13 heteroatoms. The number of amides is 3. The van der Waals surface area contributed by atoms with E-state index in [9.17, 15) is 24.0 Å². The summed E-state index contributed by atoms with van der Waals surface area (Å²) >= 11 is 4.66. The van der Waals surface area contributed by atoms with Crippen molar-refractivity contribution in [1.82, 2.24) is 15.5 Å². The van der Waals surface area contributed by atoms with Gasteiger partial charge in [-0.1, -0.05) is 46.3 Å². The summed E-state index contributed by atoms with van der Waals surface area (Å²) in [4.78, 5) is 64.8. The molecule has 0 radical (unpaired) electrons. The lowest BCUT2D eigenvalue weighted by molar-refractivity contribution is -0.173. The Kier molecular flexibility index (Phi) is 9.37. The second kappa shape index (κ2) is 12.0. The van der Waals surface area contributed by atoms with Crippen molar-refractivity contribution in [3.63, 3.8) is 0 Å². The van der Waals surface area contributed by atoms with Gasteiger partial charge in [0, 0.05) is 10.2 Å². The van der Waals surface area contributed by atoms with Crippen LogP contribution in [-0.2, 0) is 33.4 Å². The van der Waals surface area contributed by atoms with Gasteiger partial charge >= 0.3 is 18.0 Å². The van der Waals surface area contributed by atoms with Gasteiger partial charge in [0.2, 0.25) is 12.7 Å². The number of nitrogens with one attached hydrogen (secondary N) is 2. The standard InChI is InChI=1S/C26H32BrN3O8S/c1-25(2,3)23(34)37-13-36-22(33)18-15(27)12-39-21-17(20(32)30(18)21)28-19(31)16(14-10-8-7-9-11-14)29-24(35)38-26(4,5)6/h7-11,16-17,21H,12-13H2,1-6H3,(H,28,31)(H,29,35). The van der Waals surface area contributed by atoms with Crippen molar-refractivity contribution in [2.75, 3.05) is 12.5 Å². The number of hydrogen-bond acceptors (Lipinski definition) is 9. The lowest BCUT2D eigenvalue weighted by Crippen LogP contribution is -2.71. The molecule has 3 amide bonds. The molecule has 2 N–H and O–H groups in total. The molecule has 0 aromatic heterocycles. The highest BCUT2D eigenvalue weighted by Gasteiger charge is 2.54. The Hall–Kier alpha value is -3.06. The van der Waals surface area contributed by atoms with Crippen molar-refractivity contribution in [1.29, 1.82) is 0 Å². The second-order valence-corrected chi connectivity index (χ2v) is 12.9. The van der Waals surface area contributed by atoms with Crippen LogP contribution in [0.15, 0.2) is 40.5 Å². The molecule has 0 saturated carbocycles. The summed E-state index contributed by atoms with van der Waals surface area (Å²) < 4.78 is 15.8. The average molecular weight is 627 g/mol. The summed E-state index contributed by atoms with van der Waals surface area (Å²) in [5.41, 5.74) is -1.07. The lowest BCUT2D eigenvalue weighted by atomic mass is 9.98. The van der Waals surface area contributed by atoms with E-state index in [0.717, 1.165) is 0 Å². The number of β-lactam (4-membered cyclic amide) rings is 1. The number of nitrogens with zero attached hydrogens (tertiary/aromatic N) is 1. The van der Waals surface area contributed by atoms with Gasteiger partial charge in [-0.15, -0.1) is 11.8 Å². The molecule has 3 unspecified atom stereocenters. The molecule has 2 aliphatic rings. The van der Waals surface area contributed by atoms with E-state index in [1.165, 1.54) is 16.7 Å². The second-order valence-electron chi connectivity index (χ2n) is 10.9. The molecule has 0 aliphatic carbocycles. The van der Waals surface area contributed by atoms with Crippen molar-refractivity contribution in [3.05, 3.63) is 46.1 Å². The molecule has 1 aromatic carbocycles. The Morgan fingerprint density at radius 2 is 1.72 bits per heavy atom. The number of benzene rings is 1. The number of ether oxygens (including phenoxy) is 3. The van der Waals surface area contributed by atoms with E-state index in [1.807, 2.05) is 0 Å². The number of carbonyl (C=O) groups is 5. The summed E-state index contributed by atoms with van der Waals surface area (Å²) in [6, 6.07) is 6.49. The van der Waals surface area contributed by atoms with Crippen LogP contribution in [0.25, 0.3) is 0 Å². The summed E-state index contributed by atoms with van der Waals surface area (Å²) in [5.74, 6) is -2.19. The molecule has 2 heterocycles. The minimum atomic E-state index is -1.12. The molecule has 0 spiro atoms. The van der Waals surface area contributed by atoms with Crippen LogP contribution in [0.5, 0.6) is 0 Å². The predicted octanol–water partition coefficient (Wildman–Crippen LogP) is 3.35. The Morgan fingerprint density at radius 1 is 1.08 bits per heavy atom. The van der Waals surface area contributed by atoms with Gasteiger partial charge in [0.1, 0.15) is 28.8 Å². The monoisotopic (exact) mass is 625 g/mol. The first kappa shape index (κ1) is 30.5. The van der Waals surface area contributed by atoms with Crippen molar-refractivity contribution in [2.24, 2.45) is 5.41 Å². The van der Waals surface area contributed by atoms with Crippen LogP contribution in [0, 0.1) is 5.41 Å². The topological polar surface area (TPSA) is 140 Å². The van der Waals surface area contributed by atoms with E-state index >= 15 is 0 Å². The molecule has 2 aliphatic heterocycles. The fourth-order valence-corrected chi connectivity index (χ4v) is 5.54. The normalized spacial score (nSPS) is 19.8. The minimum absolute atomic E-state index is 0.0208. The number of esters is 2.